The van der Waals surface area contributed by atoms with Crippen LogP contribution in [0.25, 0.3) is 0 Å². The molecule has 1 aliphatic heterocycles. The number of hydrogen-bond donors (Lipinski definition) is 4. The van der Waals surface area contributed by atoms with Crippen LogP contribution in [0.3, 0.4) is 0 Å². The van der Waals surface area contributed by atoms with Crippen molar-refractivity contribution in [2.45, 2.75) is 38.8 Å². The fourth-order valence-corrected chi connectivity index (χ4v) is 5.03. The van der Waals surface area contributed by atoms with Gasteiger partial charge in [0, 0.05) is 18.8 Å². The molecule has 1 aromatic heterocycles. The molecule has 3 aromatic rings. The number of nitrogens with zero attached hydrogens (tertiary/aromatic N) is 2. The van der Waals surface area contributed by atoms with Crippen LogP contribution in [0.15, 0.2) is 42.5 Å². The van der Waals surface area contributed by atoms with Crippen LogP contribution in [-0.2, 0) is 9.53 Å². The number of benzene rings is 2. The first-order valence-electron chi connectivity index (χ1n) is 11.8. The first kappa shape index (κ1) is 26.1. The van der Waals surface area contributed by atoms with Crippen molar-refractivity contribution in [3.63, 3.8) is 0 Å². The van der Waals surface area contributed by atoms with Gasteiger partial charge in [0.15, 0.2) is 5.69 Å². The van der Waals surface area contributed by atoms with E-state index in [-0.39, 0.29) is 34.7 Å². The Morgan fingerprint density at radius 3 is 2.57 bits per heavy atom. The molecule has 37 heavy (non-hydrogen) atoms. The predicted octanol–water partition coefficient (Wildman–Crippen LogP) is 2.83. The first-order chi connectivity index (χ1) is 17.7. The molecule has 194 valence electrons. The van der Waals surface area contributed by atoms with Crippen LogP contribution >= 0.6 is 11.5 Å². The Morgan fingerprint density at radius 2 is 1.95 bits per heavy atom. The summed E-state index contributed by atoms with van der Waals surface area (Å²) in [6, 6.07) is 10.4. The normalized spacial score (nSPS) is 15.8. The fourth-order valence-electron chi connectivity index (χ4n) is 4.29. The van der Waals surface area contributed by atoms with E-state index in [1.165, 1.54) is 17.0 Å². The maximum atomic E-state index is 14.1. The molecule has 2 heterocycles. The van der Waals surface area contributed by atoms with Crippen molar-refractivity contribution in [1.82, 2.24) is 9.69 Å². The van der Waals surface area contributed by atoms with E-state index in [4.69, 9.17) is 16.2 Å². The number of hydrogen-bond acceptors (Lipinski definition) is 8. The second-order valence-corrected chi connectivity index (χ2v) is 9.68. The van der Waals surface area contributed by atoms with E-state index in [0.717, 1.165) is 35.5 Å². The number of phenolic OH excluding ortho intramolecular Hbond substituents is 1. The number of amides is 3. The van der Waals surface area contributed by atoms with Gasteiger partial charge in [-0.15, -0.1) is 0 Å². The molecule has 10 nitrogen and oxygen atoms in total. The minimum absolute atomic E-state index is 0.00888. The first-order valence-corrected chi connectivity index (χ1v) is 12.6. The summed E-state index contributed by atoms with van der Waals surface area (Å²) in [5, 5.41) is 12.8. The Bertz CT molecular complexity index is 1320. The van der Waals surface area contributed by atoms with Crippen molar-refractivity contribution in [3.05, 3.63) is 69.7 Å². The molecule has 1 aliphatic rings. The molecule has 2 atom stereocenters. The number of aromatic hydroxyl groups is 1. The quantitative estimate of drug-likeness (QED) is 0.353. The average Bonchev–Trinajstić information content (AvgIpc) is 3.53. The third-order valence-corrected chi connectivity index (χ3v) is 7.30. The summed E-state index contributed by atoms with van der Waals surface area (Å²) in [6.07, 6.45) is 1.64. The van der Waals surface area contributed by atoms with E-state index in [1.807, 2.05) is 19.9 Å². The second-order valence-electron chi connectivity index (χ2n) is 8.91. The minimum Gasteiger partial charge on any atom is -0.508 e. The van der Waals surface area contributed by atoms with Gasteiger partial charge in [-0.2, -0.15) is 4.37 Å². The van der Waals surface area contributed by atoms with Crippen LogP contribution in [0.1, 0.15) is 55.7 Å². The molecule has 1 fully saturated rings. The third kappa shape index (κ3) is 5.42. The SMILES string of the molecule is Cc1cccc(N(C(=O)c2snc(C(N)=O)c2N)[C@H](C(=O)NC[C@H]2CCCO2)c2ccc(O)cc2)c1C. The molecule has 3 amide bonds. The van der Waals surface area contributed by atoms with E-state index in [2.05, 4.69) is 9.69 Å². The zero-order valence-corrected chi connectivity index (χ0v) is 21.4. The molecule has 0 aliphatic carbocycles. The summed E-state index contributed by atoms with van der Waals surface area (Å²) in [4.78, 5) is 41.0. The van der Waals surface area contributed by atoms with Gasteiger partial charge >= 0.3 is 0 Å². The average molecular weight is 524 g/mol. The van der Waals surface area contributed by atoms with E-state index >= 15 is 0 Å². The number of carbonyl (C=O) groups excluding carboxylic acids is 3. The van der Waals surface area contributed by atoms with Crippen molar-refractivity contribution in [2.75, 3.05) is 23.8 Å². The van der Waals surface area contributed by atoms with Gasteiger partial charge in [0.25, 0.3) is 11.8 Å². The number of aromatic nitrogens is 1. The molecule has 11 heteroatoms. The highest BCUT2D eigenvalue weighted by Gasteiger charge is 2.37. The molecular weight excluding hydrogens is 494 g/mol. The summed E-state index contributed by atoms with van der Waals surface area (Å²) in [5.41, 5.74) is 13.8. The molecule has 4 rings (SSSR count). The van der Waals surface area contributed by atoms with Gasteiger partial charge in [-0.1, -0.05) is 24.3 Å². The Hall–Kier alpha value is -3.96. The topological polar surface area (TPSA) is 161 Å². The van der Waals surface area contributed by atoms with Gasteiger partial charge < -0.3 is 26.6 Å². The lowest BCUT2D eigenvalue weighted by Gasteiger charge is -2.33. The zero-order valence-electron chi connectivity index (χ0n) is 20.6. The third-order valence-electron chi connectivity index (χ3n) is 6.45. The molecule has 1 saturated heterocycles. The standard InChI is InChI=1S/C26H29N5O5S/c1-14-5-3-7-19(15(14)2)31(26(35)23-20(27)21(24(28)33)30-37-23)22(16-8-10-17(32)11-9-16)25(34)29-13-18-6-4-12-36-18/h3,5,7-11,18,22,32H,4,6,12-13,27H2,1-2H3,(H2,28,33)(H,29,34)/t18-,22+/m1/s1. The van der Waals surface area contributed by atoms with Crippen molar-refractivity contribution >= 4 is 40.6 Å². The second kappa shape index (κ2) is 11.0. The molecule has 0 radical (unpaired) electrons. The lowest BCUT2D eigenvalue weighted by Crippen LogP contribution is -2.46. The van der Waals surface area contributed by atoms with Gasteiger partial charge in [0.05, 0.1) is 11.8 Å². The largest absolute Gasteiger partial charge is 0.508 e. The van der Waals surface area contributed by atoms with Crippen LogP contribution in [0.5, 0.6) is 5.75 Å². The summed E-state index contributed by atoms with van der Waals surface area (Å²) in [7, 11) is 0. The lowest BCUT2D eigenvalue weighted by molar-refractivity contribution is -0.123. The summed E-state index contributed by atoms with van der Waals surface area (Å²) in [5.74, 6) is -1.88. The van der Waals surface area contributed by atoms with E-state index in [1.54, 1.807) is 24.3 Å². The number of nitrogen functional groups attached to an aromatic ring is 1. The highest BCUT2D eigenvalue weighted by Crippen LogP contribution is 2.36. The Labute approximate surface area is 218 Å². The Morgan fingerprint density at radius 1 is 1.22 bits per heavy atom. The van der Waals surface area contributed by atoms with Gasteiger partial charge in [0.2, 0.25) is 5.91 Å². The van der Waals surface area contributed by atoms with Gasteiger partial charge in [0.1, 0.15) is 16.7 Å². The molecule has 0 bridgehead atoms. The number of nitrogens with two attached hydrogens (primary N) is 2. The molecule has 2 aromatic carbocycles. The van der Waals surface area contributed by atoms with Crippen LogP contribution < -0.4 is 21.7 Å². The summed E-state index contributed by atoms with van der Waals surface area (Å²) < 4.78 is 9.62. The zero-order chi connectivity index (χ0) is 26.7. The van der Waals surface area contributed by atoms with E-state index in [0.29, 0.717) is 17.9 Å². The van der Waals surface area contributed by atoms with Crippen LogP contribution in [0.4, 0.5) is 11.4 Å². The number of ether oxygens (including phenoxy) is 1. The monoisotopic (exact) mass is 523 g/mol. The lowest BCUT2D eigenvalue weighted by atomic mass is 9.99. The predicted molar refractivity (Wildman–Crippen MR) is 141 cm³/mol. The molecular formula is C26H29N5O5S. The molecule has 0 unspecified atom stereocenters. The molecule has 0 spiro atoms. The Balaban J connectivity index is 1.85. The number of phenols is 1. The highest BCUT2D eigenvalue weighted by atomic mass is 32.1. The van der Waals surface area contributed by atoms with Gasteiger partial charge in [-0.3, -0.25) is 19.3 Å². The smallest absolute Gasteiger partial charge is 0.273 e. The molecule has 6 N–H and O–H groups in total. The molecule has 0 saturated carbocycles. The summed E-state index contributed by atoms with van der Waals surface area (Å²) in [6.45, 7) is 4.69. The maximum Gasteiger partial charge on any atom is 0.273 e. The Kier molecular flexibility index (Phi) is 7.74. The summed E-state index contributed by atoms with van der Waals surface area (Å²) >= 11 is 0.747. The number of aryl methyl sites for hydroxylation is 1. The number of anilines is 2. The van der Waals surface area contributed by atoms with Crippen LogP contribution in [-0.4, -0.2) is 46.5 Å². The van der Waals surface area contributed by atoms with Crippen molar-refractivity contribution in [3.8, 4) is 5.75 Å². The van der Waals surface area contributed by atoms with E-state index in [9.17, 15) is 19.5 Å². The minimum atomic E-state index is -1.13. The van der Waals surface area contributed by atoms with Crippen molar-refractivity contribution in [1.29, 1.82) is 0 Å². The number of rotatable bonds is 8. The number of nitrogens with one attached hydrogen (secondary N) is 1. The fraction of sp³-hybridized carbons (Fsp3) is 0.308. The van der Waals surface area contributed by atoms with Gasteiger partial charge in [-0.25, -0.2) is 0 Å². The maximum absolute atomic E-state index is 14.1. The van der Waals surface area contributed by atoms with Gasteiger partial charge in [-0.05, 0) is 73.1 Å². The number of primary amides is 1. The van der Waals surface area contributed by atoms with Crippen molar-refractivity contribution < 1.29 is 24.2 Å². The van der Waals surface area contributed by atoms with E-state index < -0.39 is 23.8 Å². The number of carbonyl (C=O) groups is 3. The van der Waals surface area contributed by atoms with Crippen LogP contribution in [0.2, 0.25) is 0 Å². The van der Waals surface area contributed by atoms with Crippen LogP contribution in [0, 0.1) is 13.8 Å². The van der Waals surface area contributed by atoms with Crippen molar-refractivity contribution in [2.24, 2.45) is 5.73 Å². The highest BCUT2D eigenvalue weighted by molar-refractivity contribution is 7.09.